The Kier molecular flexibility index (Phi) is 4.98. The van der Waals surface area contributed by atoms with Crippen LogP contribution in [0.4, 0.5) is 13.2 Å². The number of carbonyl (C=O) groups excluding carboxylic acids is 1. The summed E-state index contributed by atoms with van der Waals surface area (Å²) in [7, 11) is 0. The van der Waals surface area contributed by atoms with E-state index in [9.17, 15) is 33.3 Å². The van der Waals surface area contributed by atoms with Crippen molar-refractivity contribution in [2.75, 3.05) is 6.61 Å². The number of halogens is 3. The maximum absolute atomic E-state index is 12.2. The molecule has 20 heavy (non-hydrogen) atoms. The molecule has 7 nitrogen and oxygen atoms in total. The zero-order chi connectivity index (χ0) is 15.7. The molecule has 0 radical (unpaired) electrons. The Balaban J connectivity index is 2.99. The van der Waals surface area contributed by atoms with Crippen molar-refractivity contribution in [3.05, 3.63) is 0 Å². The van der Waals surface area contributed by atoms with Gasteiger partial charge >= 0.3 is 12.1 Å². The molecule has 1 heterocycles. The molecule has 0 aliphatic carbocycles. The zero-order valence-corrected chi connectivity index (χ0v) is 10.5. The molecule has 1 aliphatic heterocycles. The number of amides is 1. The zero-order valence-electron chi connectivity index (χ0n) is 10.5. The van der Waals surface area contributed by atoms with Crippen LogP contribution in [0.15, 0.2) is 0 Å². The van der Waals surface area contributed by atoms with Crippen LogP contribution in [0.1, 0.15) is 13.3 Å². The van der Waals surface area contributed by atoms with Crippen molar-refractivity contribution in [3.63, 3.8) is 0 Å². The summed E-state index contributed by atoms with van der Waals surface area (Å²) in [5, 5.41) is 39.7. The summed E-state index contributed by atoms with van der Waals surface area (Å²) in [5.41, 5.74) is 0. The monoisotopic (exact) mass is 303 g/mol. The first kappa shape index (κ1) is 17.1. The van der Waals surface area contributed by atoms with Crippen LogP contribution in [0.5, 0.6) is 0 Å². The van der Waals surface area contributed by atoms with E-state index in [1.165, 1.54) is 12.2 Å². The average Bonchev–Trinajstić information content (AvgIpc) is 2.37. The normalized spacial score (nSPS) is 38.6. The van der Waals surface area contributed by atoms with Crippen molar-refractivity contribution >= 4 is 5.91 Å². The first-order valence-electron chi connectivity index (χ1n) is 5.81. The molecule has 1 rings (SSSR count). The number of nitrogens with one attached hydrogen (secondary N) is 1. The molecular formula is C10H16F3NO6. The highest BCUT2D eigenvalue weighted by Gasteiger charge is 2.54. The number of carbonyl (C=O) groups is 1. The Morgan fingerprint density at radius 1 is 1.35 bits per heavy atom. The lowest BCUT2D eigenvalue weighted by atomic mass is 9.88. The summed E-state index contributed by atoms with van der Waals surface area (Å²) >= 11 is 0. The van der Waals surface area contributed by atoms with Gasteiger partial charge in [0, 0.05) is 6.42 Å². The smallest absolute Gasteiger partial charge is 0.394 e. The van der Waals surface area contributed by atoms with E-state index in [4.69, 9.17) is 9.84 Å². The number of aliphatic hydroxyl groups is 4. The minimum Gasteiger partial charge on any atom is -0.394 e. The van der Waals surface area contributed by atoms with Gasteiger partial charge in [0.15, 0.2) is 5.79 Å². The highest BCUT2D eigenvalue weighted by Crippen LogP contribution is 2.31. The Morgan fingerprint density at radius 2 is 1.90 bits per heavy atom. The lowest BCUT2D eigenvalue weighted by molar-refractivity contribution is -0.320. The maximum atomic E-state index is 12.2. The van der Waals surface area contributed by atoms with Crippen LogP contribution >= 0.6 is 0 Å². The van der Waals surface area contributed by atoms with Gasteiger partial charge in [-0.05, 0) is 0 Å². The molecular weight excluding hydrogens is 287 g/mol. The molecule has 1 saturated heterocycles. The molecule has 0 aromatic heterocycles. The predicted molar refractivity (Wildman–Crippen MR) is 57.2 cm³/mol. The van der Waals surface area contributed by atoms with Crippen LogP contribution in [0.2, 0.25) is 0 Å². The SMILES string of the molecule is CC[C@@]1(O)O[C@H](CO)[C@H](O)[C@H](O)[C@H]1NC(=O)C(F)(F)F. The van der Waals surface area contributed by atoms with Gasteiger partial charge in [-0.25, -0.2) is 0 Å². The minimum absolute atomic E-state index is 0.282. The number of aliphatic hydroxyl groups excluding tert-OH is 3. The van der Waals surface area contributed by atoms with Crippen molar-refractivity contribution in [3.8, 4) is 0 Å². The fourth-order valence-corrected chi connectivity index (χ4v) is 1.96. The third kappa shape index (κ3) is 3.20. The van der Waals surface area contributed by atoms with Gasteiger partial charge in [-0.1, -0.05) is 6.92 Å². The molecule has 10 heteroatoms. The van der Waals surface area contributed by atoms with Crippen molar-refractivity contribution in [2.24, 2.45) is 0 Å². The molecule has 0 aromatic rings. The van der Waals surface area contributed by atoms with Crippen molar-refractivity contribution in [1.29, 1.82) is 0 Å². The van der Waals surface area contributed by atoms with Gasteiger partial charge < -0.3 is 30.5 Å². The quantitative estimate of drug-likeness (QED) is 0.422. The number of rotatable bonds is 3. The van der Waals surface area contributed by atoms with E-state index in [2.05, 4.69) is 0 Å². The van der Waals surface area contributed by atoms with Crippen LogP contribution in [0.3, 0.4) is 0 Å². The van der Waals surface area contributed by atoms with E-state index in [1.807, 2.05) is 0 Å². The first-order valence-corrected chi connectivity index (χ1v) is 5.81. The molecule has 1 fully saturated rings. The topological polar surface area (TPSA) is 119 Å². The number of hydrogen-bond acceptors (Lipinski definition) is 6. The van der Waals surface area contributed by atoms with E-state index < -0.39 is 48.8 Å². The molecule has 0 spiro atoms. The van der Waals surface area contributed by atoms with Gasteiger partial charge in [-0.3, -0.25) is 4.79 Å². The Bertz CT molecular complexity index is 365. The molecule has 5 N–H and O–H groups in total. The lowest BCUT2D eigenvalue weighted by Crippen LogP contribution is -2.70. The number of alkyl halides is 3. The highest BCUT2D eigenvalue weighted by atomic mass is 19.4. The molecule has 1 amide bonds. The van der Waals surface area contributed by atoms with E-state index in [0.717, 1.165) is 0 Å². The summed E-state index contributed by atoms with van der Waals surface area (Å²) in [5.74, 6) is -4.72. The lowest BCUT2D eigenvalue weighted by Gasteiger charge is -2.47. The second-order valence-electron chi connectivity index (χ2n) is 4.47. The molecule has 0 bridgehead atoms. The Labute approximate surface area is 112 Å². The predicted octanol–water partition coefficient (Wildman–Crippen LogP) is -1.76. The van der Waals surface area contributed by atoms with Crippen LogP contribution in [-0.4, -0.2) is 69.3 Å². The van der Waals surface area contributed by atoms with Gasteiger partial charge in [0.2, 0.25) is 0 Å². The molecule has 0 saturated carbocycles. The van der Waals surface area contributed by atoms with E-state index >= 15 is 0 Å². The Hall–Kier alpha value is -0.940. The van der Waals surface area contributed by atoms with Crippen LogP contribution in [0, 0.1) is 0 Å². The number of ether oxygens (including phenoxy) is 1. The van der Waals surface area contributed by atoms with Crippen molar-refractivity contribution in [1.82, 2.24) is 5.32 Å². The molecule has 0 unspecified atom stereocenters. The van der Waals surface area contributed by atoms with Gasteiger partial charge in [-0.15, -0.1) is 0 Å². The van der Waals surface area contributed by atoms with Crippen LogP contribution in [-0.2, 0) is 9.53 Å². The van der Waals surface area contributed by atoms with Gasteiger partial charge in [-0.2, -0.15) is 13.2 Å². The summed E-state index contributed by atoms with van der Waals surface area (Å²) in [6.07, 6.45) is -10.6. The minimum atomic E-state index is -5.22. The standard InChI is InChI=1S/C10H16F3NO6/c1-2-9(19)7(14-8(18)10(11,12)13)6(17)5(16)4(3-15)20-9/h4-7,15-17,19H,2-3H2,1H3,(H,14,18)/t4-,5+,6+,7-,9-/m1/s1. The summed E-state index contributed by atoms with van der Waals surface area (Å²) in [6.45, 7) is 0.575. The molecule has 0 aromatic carbocycles. The first-order chi connectivity index (χ1) is 9.06. The second kappa shape index (κ2) is 5.82. The van der Waals surface area contributed by atoms with Gasteiger partial charge in [0.1, 0.15) is 24.4 Å². The molecule has 1 aliphatic rings. The van der Waals surface area contributed by atoms with Gasteiger partial charge in [0.25, 0.3) is 0 Å². The van der Waals surface area contributed by atoms with E-state index in [1.54, 1.807) is 0 Å². The van der Waals surface area contributed by atoms with Crippen LogP contribution < -0.4 is 5.32 Å². The summed E-state index contributed by atoms with van der Waals surface area (Å²) in [6, 6.07) is -1.89. The average molecular weight is 303 g/mol. The number of hydrogen-bond donors (Lipinski definition) is 5. The van der Waals surface area contributed by atoms with Crippen LogP contribution in [0.25, 0.3) is 0 Å². The van der Waals surface area contributed by atoms with E-state index in [-0.39, 0.29) is 6.42 Å². The van der Waals surface area contributed by atoms with Gasteiger partial charge in [0.05, 0.1) is 6.61 Å². The third-order valence-corrected chi connectivity index (χ3v) is 3.14. The molecule has 5 atom stereocenters. The van der Waals surface area contributed by atoms with Crippen molar-refractivity contribution < 1.29 is 43.1 Å². The van der Waals surface area contributed by atoms with E-state index in [0.29, 0.717) is 0 Å². The fourth-order valence-electron chi connectivity index (χ4n) is 1.96. The summed E-state index contributed by atoms with van der Waals surface area (Å²) in [4.78, 5) is 10.9. The Morgan fingerprint density at radius 3 is 2.30 bits per heavy atom. The van der Waals surface area contributed by atoms with Crippen molar-refractivity contribution in [2.45, 2.75) is 49.7 Å². The largest absolute Gasteiger partial charge is 0.471 e. The second-order valence-corrected chi connectivity index (χ2v) is 4.47. The summed E-state index contributed by atoms with van der Waals surface area (Å²) < 4.78 is 41.5. The maximum Gasteiger partial charge on any atom is 0.471 e. The fraction of sp³-hybridized carbons (Fsp3) is 0.900. The third-order valence-electron chi connectivity index (χ3n) is 3.14. The molecule has 118 valence electrons. The highest BCUT2D eigenvalue weighted by molar-refractivity contribution is 5.82.